The Labute approximate surface area is 107 Å². The summed E-state index contributed by atoms with van der Waals surface area (Å²) in [4.78, 5) is 3.55. The number of anilines is 1. The second kappa shape index (κ2) is 4.54. The molecule has 1 aromatic carbocycles. The lowest BCUT2D eigenvalue weighted by Gasteiger charge is -2.06. The van der Waals surface area contributed by atoms with Gasteiger partial charge in [0.2, 0.25) is 0 Å². The van der Waals surface area contributed by atoms with Crippen molar-refractivity contribution in [2.24, 2.45) is 0 Å². The number of aromatic amines is 1. The van der Waals surface area contributed by atoms with Crippen LogP contribution >= 0.6 is 11.6 Å². The average Bonchev–Trinajstić information content (AvgIpc) is 2.62. The molecule has 0 aliphatic heterocycles. The molecule has 2 aromatic rings. The molecule has 0 aliphatic rings. The van der Waals surface area contributed by atoms with E-state index in [-0.39, 0.29) is 15.9 Å². The van der Waals surface area contributed by atoms with Crippen LogP contribution in [0.25, 0.3) is 0 Å². The predicted molar refractivity (Wildman–Crippen MR) is 63.3 cm³/mol. The predicted octanol–water partition coefficient (Wildman–Crippen LogP) is 1.71. The van der Waals surface area contributed by atoms with Crippen molar-refractivity contribution in [1.29, 1.82) is 0 Å². The van der Waals surface area contributed by atoms with E-state index in [1.54, 1.807) is 6.92 Å². The van der Waals surface area contributed by atoms with E-state index in [9.17, 15) is 12.8 Å². The van der Waals surface area contributed by atoms with E-state index >= 15 is 0 Å². The van der Waals surface area contributed by atoms with Crippen molar-refractivity contribution >= 4 is 27.6 Å². The van der Waals surface area contributed by atoms with Crippen molar-refractivity contribution < 1.29 is 12.8 Å². The lowest BCUT2D eigenvalue weighted by molar-refractivity contribution is 0.599. The van der Waals surface area contributed by atoms with Crippen LogP contribution in [0.4, 0.5) is 10.3 Å². The molecule has 0 bridgehead atoms. The van der Waals surface area contributed by atoms with Crippen molar-refractivity contribution in [3.8, 4) is 0 Å². The van der Waals surface area contributed by atoms with Crippen LogP contribution in [0.3, 0.4) is 0 Å². The lowest BCUT2D eigenvalue weighted by Crippen LogP contribution is -2.14. The van der Waals surface area contributed by atoms with Crippen LogP contribution in [0.5, 0.6) is 0 Å². The fourth-order valence-corrected chi connectivity index (χ4v) is 2.73. The van der Waals surface area contributed by atoms with E-state index < -0.39 is 15.8 Å². The van der Waals surface area contributed by atoms with Gasteiger partial charge in [-0.15, -0.1) is 5.10 Å². The molecular formula is C9H8ClFN4O2S. The third kappa shape index (κ3) is 2.59. The monoisotopic (exact) mass is 290 g/mol. The minimum atomic E-state index is -3.94. The summed E-state index contributed by atoms with van der Waals surface area (Å²) >= 11 is 5.68. The molecule has 0 radical (unpaired) electrons. The molecular weight excluding hydrogens is 283 g/mol. The first-order valence-corrected chi connectivity index (χ1v) is 6.61. The van der Waals surface area contributed by atoms with Crippen molar-refractivity contribution in [2.75, 3.05) is 4.72 Å². The summed E-state index contributed by atoms with van der Waals surface area (Å²) in [6.45, 7) is 1.62. The van der Waals surface area contributed by atoms with Gasteiger partial charge in [0.25, 0.3) is 16.0 Å². The molecule has 1 aromatic heterocycles. The molecule has 0 atom stereocenters. The van der Waals surface area contributed by atoms with Gasteiger partial charge in [-0.05, 0) is 25.1 Å². The minimum Gasteiger partial charge on any atom is -0.261 e. The van der Waals surface area contributed by atoms with Crippen LogP contribution in [0.2, 0.25) is 5.02 Å². The van der Waals surface area contributed by atoms with Gasteiger partial charge in [-0.1, -0.05) is 11.6 Å². The number of sulfonamides is 1. The number of halogens is 2. The Morgan fingerprint density at radius 3 is 2.72 bits per heavy atom. The largest absolute Gasteiger partial charge is 0.265 e. The normalized spacial score (nSPS) is 11.5. The van der Waals surface area contributed by atoms with Gasteiger partial charge in [0.05, 0.1) is 5.02 Å². The van der Waals surface area contributed by atoms with E-state index in [1.165, 1.54) is 0 Å². The highest BCUT2D eigenvalue weighted by Crippen LogP contribution is 2.23. The third-order valence-electron chi connectivity index (χ3n) is 2.01. The molecule has 0 amide bonds. The molecule has 0 saturated heterocycles. The Morgan fingerprint density at radius 1 is 1.44 bits per heavy atom. The molecule has 96 valence electrons. The second-order valence-corrected chi connectivity index (χ2v) is 5.48. The Kier molecular flexibility index (Phi) is 3.22. The van der Waals surface area contributed by atoms with Gasteiger partial charge in [0.1, 0.15) is 16.5 Å². The van der Waals surface area contributed by atoms with Crippen LogP contribution in [-0.2, 0) is 10.0 Å². The zero-order valence-corrected chi connectivity index (χ0v) is 10.7. The lowest BCUT2D eigenvalue weighted by atomic mass is 10.3. The number of H-pyrrole nitrogens is 1. The molecule has 0 spiro atoms. The fraction of sp³-hybridized carbons (Fsp3) is 0.111. The number of hydrogen-bond acceptors (Lipinski definition) is 4. The Morgan fingerprint density at radius 2 is 2.17 bits per heavy atom. The zero-order chi connectivity index (χ0) is 13.3. The second-order valence-electron chi connectivity index (χ2n) is 3.42. The van der Waals surface area contributed by atoms with Crippen LogP contribution in [0.15, 0.2) is 23.1 Å². The third-order valence-corrected chi connectivity index (χ3v) is 3.82. The van der Waals surface area contributed by atoms with Crippen LogP contribution in [0, 0.1) is 12.7 Å². The number of rotatable bonds is 3. The zero-order valence-electron chi connectivity index (χ0n) is 9.11. The van der Waals surface area contributed by atoms with Gasteiger partial charge in [0.15, 0.2) is 0 Å². The van der Waals surface area contributed by atoms with Crippen LogP contribution in [-0.4, -0.2) is 23.6 Å². The summed E-state index contributed by atoms with van der Waals surface area (Å²) in [5.74, 6) is -0.265. The first-order valence-electron chi connectivity index (χ1n) is 4.75. The highest BCUT2D eigenvalue weighted by atomic mass is 35.5. The fourth-order valence-electron chi connectivity index (χ4n) is 1.26. The molecule has 6 nitrogen and oxygen atoms in total. The SMILES string of the molecule is Cc1nc(NS(=O)(=O)c2ccc(F)cc2Cl)n[nH]1. The standard InChI is InChI=1S/C9H8ClFN4O2S/c1-5-12-9(14-13-5)15-18(16,17)8-3-2-6(11)4-7(8)10/h2-4H,1H3,(H2,12,13,14,15). The smallest absolute Gasteiger partial charge is 0.261 e. The Bertz CT molecular complexity index is 686. The summed E-state index contributed by atoms with van der Waals surface area (Å²) < 4.78 is 38.8. The summed E-state index contributed by atoms with van der Waals surface area (Å²) in [5.41, 5.74) is 0. The number of aryl methyl sites for hydroxylation is 1. The van der Waals surface area contributed by atoms with Crippen molar-refractivity contribution in [3.63, 3.8) is 0 Å². The minimum absolute atomic E-state index is 0.104. The molecule has 2 N–H and O–H groups in total. The van der Waals surface area contributed by atoms with Crippen molar-refractivity contribution in [2.45, 2.75) is 11.8 Å². The van der Waals surface area contributed by atoms with E-state index in [0.717, 1.165) is 18.2 Å². The van der Waals surface area contributed by atoms with E-state index in [2.05, 4.69) is 19.9 Å². The highest BCUT2D eigenvalue weighted by Gasteiger charge is 2.20. The van der Waals surface area contributed by atoms with Crippen LogP contribution < -0.4 is 4.72 Å². The molecule has 2 rings (SSSR count). The number of nitrogens with one attached hydrogen (secondary N) is 2. The maximum atomic E-state index is 12.8. The molecule has 0 saturated carbocycles. The molecule has 0 unspecified atom stereocenters. The number of benzene rings is 1. The Balaban J connectivity index is 2.36. The first kappa shape index (κ1) is 12.8. The van der Waals surface area contributed by atoms with Gasteiger partial charge in [0, 0.05) is 0 Å². The highest BCUT2D eigenvalue weighted by molar-refractivity contribution is 7.92. The summed E-state index contributed by atoms with van der Waals surface area (Å²) in [5, 5.41) is 5.90. The van der Waals surface area contributed by atoms with Gasteiger partial charge in [-0.25, -0.2) is 17.5 Å². The van der Waals surface area contributed by atoms with Gasteiger partial charge in [-0.3, -0.25) is 5.10 Å². The summed E-state index contributed by atoms with van der Waals surface area (Å²) in [7, 11) is -3.94. The van der Waals surface area contributed by atoms with E-state index in [1.807, 2.05) is 0 Å². The molecule has 0 aliphatic carbocycles. The molecule has 0 fully saturated rings. The van der Waals surface area contributed by atoms with Crippen molar-refractivity contribution in [3.05, 3.63) is 34.9 Å². The van der Waals surface area contributed by atoms with E-state index in [0.29, 0.717) is 5.82 Å². The van der Waals surface area contributed by atoms with E-state index in [4.69, 9.17) is 11.6 Å². The van der Waals surface area contributed by atoms with Gasteiger partial charge in [-0.2, -0.15) is 4.98 Å². The molecule has 18 heavy (non-hydrogen) atoms. The van der Waals surface area contributed by atoms with Crippen LogP contribution in [0.1, 0.15) is 5.82 Å². The maximum Gasteiger partial charge on any atom is 0.265 e. The topological polar surface area (TPSA) is 87.7 Å². The number of nitrogens with zero attached hydrogens (tertiary/aromatic N) is 2. The van der Waals surface area contributed by atoms with Crippen molar-refractivity contribution in [1.82, 2.24) is 15.2 Å². The summed E-state index contributed by atoms with van der Waals surface area (Å²) in [6, 6.07) is 2.99. The quantitative estimate of drug-likeness (QED) is 0.901. The first-order chi connectivity index (χ1) is 8.38. The molecule has 9 heteroatoms. The summed E-state index contributed by atoms with van der Waals surface area (Å²) in [6.07, 6.45) is 0. The number of hydrogen-bond donors (Lipinski definition) is 2. The van der Waals surface area contributed by atoms with Gasteiger partial charge >= 0.3 is 0 Å². The van der Waals surface area contributed by atoms with Gasteiger partial charge < -0.3 is 0 Å². The maximum absolute atomic E-state index is 12.8. The average molecular weight is 291 g/mol. The Hall–Kier alpha value is -1.67. The molecule has 1 heterocycles. The number of aromatic nitrogens is 3.